The third-order valence-corrected chi connectivity index (χ3v) is 5.27. The van der Waals surface area contributed by atoms with E-state index in [2.05, 4.69) is 0 Å². The molecule has 26 heavy (non-hydrogen) atoms. The number of carbonyl (C=O) groups excluding carboxylic acids is 2. The van der Waals surface area contributed by atoms with Gasteiger partial charge in [0, 0.05) is 11.1 Å². The minimum Gasteiger partial charge on any atom is -0.325 e. The first kappa shape index (κ1) is 18.5. The van der Waals surface area contributed by atoms with E-state index in [1.54, 1.807) is 0 Å². The van der Waals surface area contributed by atoms with Gasteiger partial charge in [0.2, 0.25) is 0 Å². The molecule has 1 saturated heterocycles. The highest BCUT2D eigenvalue weighted by molar-refractivity contribution is 5.96. The maximum atomic E-state index is 12.2. The fraction of sp³-hybridized carbons (Fsp3) is 0.364. The van der Waals surface area contributed by atoms with E-state index in [-0.39, 0.29) is 11.6 Å². The number of benzene rings is 2. The highest BCUT2D eigenvalue weighted by Crippen LogP contribution is 2.02. The topological polar surface area (TPSA) is 43.0 Å². The number of nitrogens with one attached hydrogen (secondary N) is 2. The Balaban J connectivity index is 1.35. The molecule has 136 valence electrons. The number of ketones is 2. The van der Waals surface area contributed by atoms with Gasteiger partial charge >= 0.3 is 0 Å². The molecule has 4 nitrogen and oxygen atoms in total. The maximum Gasteiger partial charge on any atom is 0.168 e. The molecular formula is C22H28N2O2+2. The van der Waals surface area contributed by atoms with Gasteiger partial charge in [0.25, 0.3) is 0 Å². The van der Waals surface area contributed by atoms with Crippen LogP contribution >= 0.6 is 0 Å². The fourth-order valence-corrected chi connectivity index (χ4v) is 3.57. The van der Waals surface area contributed by atoms with E-state index in [1.165, 1.54) is 9.80 Å². The van der Waals surface area contributed by atoms with Crippen molar-refractivity contribution in [2.45, 2.75) is 12.8 Å². The van der Waals surface area contributed by atoms with Gasteiger partial charge in [-0.3, -0.25) is 9.59 Å². The minimum absolute atomic E-state index is 0.237. The zero-order valence-corrected chi connectivity index (χ0v) is 15.2. The molecule has 0 spiro atoms. The summed E-state index contributed by atoms with van der Waals surface area (Å²) in [6.07, 6.45) is 1.22. The Bertz CT molecular complexity index is 644. The third kappa shape index (κ3) is 5.35. The van der Waals surface area contributed by atoms with Gasteiger partial charge in [-0.05, 0) is 0 Å². The lowest BCUT2D eigenvalue weighted by Gasteiger charge is -2.29. The Hall–Kier alpha value is -2.30. The van der Waals surface area contributed by atoms with Crippen molar-refractivity contribution in [3.05, 3.63) is 71.8 Å². The number of hydrogen-bond donors (Lipinski definition) is 2. The molecule has 2 aromatic rings. The van der Waals surface area contributed by atoms with Gasteiger partial charge in [-0.2, -0.15) is 0 Å². The lowest BCUT2D eigenvalue weighted by Crippen LogP contribution is -3.28. The van der Waals surface area contributed by atoms with Gasteiger partial charge in [-0.15, -0.1) is 0 Å². The standard InChI is InChI=1S/C22H26N2O2/c25-21(19-7-3-1-4-8-19)11-13-23-15-17-24(18-16-23)14-12-22(26)20-9-5-2-6-10-20/h1-10H,11-18H2/p+2. The van der Waals surface area contributed by atoms with Crippen LogP contribution in [0.4, 0.5) is 0 Å². The van der Waals surface area contributed by atoms with Crippen molar-refractivity contribution in [2.24, 2.45) is 0 Å². The molecule has 1 aliphatic heterocycles. The molecule has 1 heterocycles. The molecule has 0 amide bonds. The number of piperazine rings is 1. The summed E-state index contributed by atoms with van der Waals surface area (Å²) in [5.41, 5.74) is 1.63. The predicted molar refractivity (Wildman–Crippen MR) is 102 cm³/mol. The van der Waals surface area contributed by atoms with Crippen LogP contribution in [-0.4, -0.2) is 50.8 Å². The second kappa shape index (κ2) is 9.41. The average Bonchev–Trinajstić information content (AvgIpc) is 2.72. The Kier molecular flexibility index (Phi) is 6.69. The zero-order valence-electron chi connectivity index (χ0n) is 15.2. The Morgan fingerprint density at radius 1 is 0.615 bits per heavy atom. The molecule has 0 atom stereocenters. The van der Waals surface area contributed by atoms with Crippen LogP contribution in [0, 0.1) is 0 Å². The normalized spacial score (nSPS) is 19.8. The fourth-order valence-electron chi connectivity index (χ4n) is 3.57. The number of hydrogen-bond acceptors (Lipinski definition) is 2. The molecule has 1 fully saturated rings. The maximum absolute atomic E-state index is 12.2. The Morgan fingerprint density at radius 3 is 1.31 bits per heavy atom. The van der Waals surface area contributed by atoms with E-state index >= 15 is 0 Å². The minimum atomic E-state index is 0.237. The first-order chi connectivity index (χ1) is 12.7. The van der Waals surface area contributed by atoms with E-state index in [0.29, 0.717) is 12.8 Å². The summed E-state index contributed by atoms with van der Waals surface area (Å²) in [5, 5.41) is 0. The number of carbonyl (C=O) groups is 2. The molecule has 0 bridgehead atoms. The van der Waals surface area contributed by atoms with Crippen molar-refractivity contribution in [2.75, 3.05) is 39.3 Å². The Morgan fingerprint density at radius 2 is 0.962 bits per heavy atom. The largest absolute Gasteiger partial charge is 0.325 e. The molecule has 0 unspecified atom stereocenters. The van der Waals surface area contributed by atoms with Crippen LogP contribution in [0.1, 0.15) is 33.6 Å². The molecule has 0 aromatic heterocycles. The molecule has 0 aliphatic carbocycles. The molecule has 0 radical (unpaired) electrons. The number of quaternary nitrogens is 2. The predicted octanol–water partition coefficient (Wildman–Crippen LogP) is 0.316. The van der Waals surface area contributed by atoms with Crippen LogP contribution in [0.15, 0.2) is 60.7 Å². The summed E-state index contributed by atoms with van der Waals surface area (Å²) in [5.74, 6) is 0.475. The third-order valence-electron chi connectivity index (χ3n) is 5.27. The first-order valence-electron chi connectivity index (χ1n) is 9.56. The molecule has 4 heteroatoms. The smallest absolute Gasteiger partial charge is 0.168 e. The SMILES string of the molecule is O=C(CC[NH+]1CC[NH+](CCC(=O)c2ccccc2)CC1)c1ccccc1. The summed E-state index contributed by atoms with van der Waals surface area (Å²) in [6, 6.07) is 19.1. The van der Waals surface area contributed by atoms with E-state index in [0.717, 1.165) is 50.4 Å². The molecule has 0 saturated carbocycles. The van der Waals surface area contributed by atoms with Crippen molar-refractivity contribution >= 4 is 11.6 Å². The average molecular weight is 352 g/mol. The zero-order chi connectivity index (χ0) is 18.2. The quantitative estimate of drug-likeness (QED) is 0.672. The van der Waals surface area contributed by atoms with Crippen molar-refractivity contribution in [1.29, 1.82) is 0 Å². The summed E-state index contributed by atoms with van der Waals surface area (Å²) in [7, 11) is 0. The van der Waals surface area contributed by atoms with E-state index in [1.807, 2.05) is 60.7 Å². The van der Waals surface area contributed by atoms with Gasteiger partial charge in [0.05, 0.1) is 25.9 Å². The highest BCUT2D eigenvalue weighted by atomic mass is 16.1. The lowest BCUT2D eigenvalue weighted by molar-refractivity contribution is -1.01. The van der Waals surface area contributed by atoms with Crippen LogP contribution in [0.3, 0.4) is 0 Å². The second-order valence-corrected chi connectivity index (χ2v) is 7.08. The summed E-state index contributed by atoms with van der Waals surface area (Å²) in [4.78, 5) is 27.4. The molecule has 3 rings (SSSR count). The molecular weight excluding hydrogens is 324 g/mol. The van der Waals surface area contributed by atoms with Crippen molar-refractivity contribution in [1.82, 2.24) is 0 Å². The van der Waals surface area contributed by atoms with Crippen molar-refractivity contribution in [3.63, 3.8) is 0 Å². The Labute approximate surface area is 155 Å². The van der Waals surface area contributed by atoms with Crippen LogP contribution in [-0.2, 0) is 0 Å². The molecule has 1 aliphatic rings. The van der Waals surface area contributed by atoms with Gasteiger partial charge in [0.1, 0.15) is 26.2 Å². The second-order valence-electron chi connectivity index (χ2n) is 7.08. The molecule has 2 N–H and O–H groups in total. The number of rotatable bonds is 8. The molecule has 2 aromatic carbocycles. The van der Waals surface area contributed by atoms with Gasteiger partial charge in [-0.25, -0.2) is 0 Å². The summed E-state index contributed by atoms with van der Waals surface area (Å²) < 4.78 is 0. The van der Waals surface area contributed by atoms with Crippen molar-refractivity contribution < 1.29 is 19.4 Å². The lowest BCUT2D eigenvalue weighted by atomic mass is 10.1. The van der Waals surface area contributed by atoms with Gasteiger partial charge in [0.15, 0.2) is 11.6 Å². The van der Waals surface area contributed by atoms with Gasteiger partial charge < -0.3 is 9.80 Å². The van der Waals surface area contributed by atoms with Gasteiger partial charge in [-0.1, -0.05) is 60.7 Å². The number of Topliss-reactive ketones (excluding diaryl/α,β-unsaturated/α-hetero) is 2. The van der Waals surface area contributed by atoms with E-state index in [4.69, 9.17) is 0 Å². The van der Waals surface area contributed by atoms with E-state index < -0.39 is 0 Å². The van der Waals surface area contributed by atoms with Crippen LogP contribution in [0.5, 0.6) is 0 Å². The van der Waals surface area contributed by atoms with Crippen LogP contribution < -0.4 is 9.80 Å². The van der Waals surface area contributed by atoms with Crippen molar-refractivity contribution in [3.8, 4) is 0 Å². The first-order valence-corrected chi connectivity index (χ1v) is 9.56. The summed E-state index contributed by atoms with van der Waals surface area (Å²) >= 11 is 0. The highest BCUT2D eigenvalue weighted by Gasteiger charge is 2.24. The van der Waals surface area contributed by atoms with E-state index in [9.17, 15) is 9.59 Å². The van der Waals surface area contributed by atoms with Crippen LogP contribution in [0.2, 0.25) is 0 Å². The summed E-state index contributed by atoms with van der Waals surface area (Å²) in [6.45, 7) is 6.13. The van der Waals surface area contributed by atoms with Crippen LogP contribution in [0.25, 0.3) is 0 Å². The monoisotopic (exact) mass is 352 g/mol.